The van der Waals surface area contributed by atoms with Crippen LogP contribution in [0.25, 0.3) is 0 Å². The predicted octanol–water partition coefficient (Wildman–Crippen LogP) is 4.10. The molecule has 1 aliphatic rings. The number of thiophene rings is 1. The summed E-state index contributed by atoms with van der Waals surface area (Å²) in [7, 11) is 3.58. The van der Waals surface area contributed by atoms with Crippen molar-refractivity contribution in [2.24, 2.45) is 4.99 Å². The first-order valence-corrected chi connectivity index (χ1v) is 10.0. The molecule has 5 heteroatoms. The van der Waals surface area contributed by atoms with Gasteiger partial charge in [0.2, 0.25) is 0 Å². The Morgan fingerprint density at radius 2 is 2.08 bits per heavy atom. The highest BCUT2D eigenvalue weighted by atomic mass is 32.1. The SMILES string of the molecule is CN=C(NCC(C)(C)c1cccs1)N1CCC(c2ccc(OC)cc2)C1. The fraction of sp³-hybridized carbons (Fsp3) is 0.476. The van der Waals surface area contributed by atoms with Gasteiger partial charge >= 0.3 is 0 Å². The van der Waals surface area contributed by atoms with Crippen LogP contribution in [0.2, 0.25) is 0 Å². The van der Waals surface area contributed by atoms with Gasteiger partial charge in [-0.2, -0.15) is 0 Å². The van der Waals surface area contributed by atoms with Crippen molar-refractivity contribution in [1.82, 2.24) is 10.2 Å². The van der Waals surface area contributed by atoms with E-state index in [9.17, 15) is 0 Å². The Hall–Kier alpha value is -2.01. The molecule has 0 bridgehead atoms. The molecule has 1 fully saturated rings. The molecule has 2 aromatic rings. The Morgan fingerprint density at radius 3 is 2.69 bits per heavy atom. The number of likely N-dealkylation sites (tertiary alicyclic amines) is 1. The number of aliphatic imine (C=N–C) groups is 1. The van der Waals surface area contributed by atoms with Gasteiger partial charge in [-0.05, 0) is 35.6 Å². The normalized spacial score (nSPS) is 18.2. The number of hydrogen-bond donors (Lipinski definition) is 1. The number of rotatable bonds is 5. The molecule has 1 unspecified atom stereocenters. The molecule has 2 heterocycles. The summed E-state index contributed by atoms with van der Waals surface area (Å²) in [6, 6.07) is 12.8. The molecular formula is C21H29N3OS. The van der Waals surface area contributed by atoms with Gasteiger partial charge in [0.05, 0.1) is 7.11 Å². The van der Waals surface area contributed by atoms with Crippen LogP contribution in [0.3, 0.4) is 0 Å². The lowest BCUT2D eigenvalue weighted by Crippen LogP contribution is -2.44. The van der Waals surface area contributed by atoms with Crippen LogP contribution in [0.15, 0.2) is 46.8 Å². The Balaban J connectivity index is 1.59. The van der Waals surface area contributed by atoms with Crippen LogP contribution in [0.1, 0.15) is 36.6 Å². The zero-order chi connectivity index (χ0) is 18.6. The minimum atomic E-state index is 0.0964. The molecule has 1 N–H and O–H groups in total. The van der Waals surface area contributed by atoms with Crippen molar-refractivity contribution in [3.05, 3.63) is 52.2 Å². The van der Waals surface area contributed by atoms with E-state index in [0.29, 0.717) is 5.92 Å². The van der Waals surface area contributed by atoms with E-state index in [2.05, 4.69) is 70.8 Å². The lowest BCUT2D eigenvalue weighted by Gasteiger charge is -2.28. The van der Waals surface area contributed by atoms with Crippen LogP contribution in [0.5, 0.6) is 5.75 Å². The van der Waals surface area contributed by atoms with E-state index in [1.54, 1.807) is 7.11 Å². The summed E-state index contributed by atoms with van der Waals surface area (Å²) in [5.74, 6) is 2.47. The lowest BCUT2D eigenvalue weighted by molar-refractivity contribution is 0.414. The summed E-state index contributed by atoms with van der Waals surface area (Å²) in [6.07, 6.45) is 1.15. The summed E-state index contributed by atoms with van der Waals surface area (Å²) in [4.78, 5) is 8.30. The van der Waals surface area contributed by atoms with Gasteiger partial charge in [-0.3, -0.25) is 4.99 Å². The zero-order valence-electron chi connectivity index (χ0n) is 16.2. The minimum absolute atomic E-state index is 0.0964. The first-order chi connectivity index (χ1) is 12.5. The van der Waals surface area contributed by atoms with Crippen molar-refractivity contribution in [3.63, 3.8) is 0 Å². The third-order valence-corrected chi connectivity index (χ3v) is 6.40. The monoisotopic (exact) mass is 371 g/mol. The van der Waals surface area contributed by atoms with E-state index in [1.807, 2.05) is 18.4 Å². The molecule has 1 aromatic carbocycles. The van der Waals surface area contributed by atoms with Crippen molar-refractivity contribution in [1.29, 1.82) is 0 Å². The highest BCUT2D eigenvalue weighted by Gasteiger charge is 2.28. The zero-order valence-corrected chi connectivity index (χ0v) is 17.0. The molecule has 4 nitrogen and oxygen atoms in total. The van der Waals surface area contributed by atoms with Crippen molar-refractivity contribution < 1.29 is 4.74 Å². The average molecular weight is 372 g/mol. The van der Waals surface area contributed by atoms with E-state index in [0.717, 1.165) is 37.8 Å². The van der Waals surface area contributed by atoms with Crippen LogP contribution in [-0.4, -0.2) is 44.7 Å². The maximum absolute atomic E-state index is 5.26. The molecule has 0 saturated carbocycles. The summed E-state index contributed by atoms with van der Waals surface area (Å²) in [5, 5.41) is 5.74. The van der Waals surface area contributed by atoms with E-state index >= 15 is 0 Å². The smallest absolute Gasteiger partial charge is 0.193 e. The molecular weight excluding hydrogens is 342 g/mol. The molecule has 0 radical (unpaired) electrons. The van der Waals surface area contributed by atoms with Crippen LogP contribution < -0.4 is 10.1 Å². The number of nitrogens with one attached hydrogen (secondary N) is 1. The van der Waals surface area contributed by atoms with Crippen molar-refractivity contribution in [2.75, 3.05) is 33.8 Å². The number of nitrogens with zero attached hydrogens (tertiary/aromatic N) is 2. The Labute approximate surface area is 160 Å². The van der Waals surface area contributed by atoms with Gasteiger partial charge in [-0.15, -0.1) is 11.3 Å². The predicted molar refractivity (Wildman–Crippen MR) is 111 cm³/mol. The van der Waals surface area contributed by atoms with E-state index in [4.69, 9.17) is 4.74 Å². The summed E-state index contributed by atoms with van der Waals surface area (Å²) < 4.78 is 5.26. The maximum atomic E-state index is 5.26. The minimum Gasteiger partial charge on any atom is -0.497 e. The number of hydrogen-bond acceptors (Lipinski definition) is 3. The topological polar surface area (TPSA) is 36.9 Å². The second-order valence-corrected chi connectivity index (χ2v) is 8.41. The second-order valence-electron chi connectivity index (χ2n) is 7.47. The Kier molecular flexibility index (Phi) is 5.87. The van der Waals surface area contributed by atoms with E-state index in [-0.39, 0.29) is 5.41 Å². The number of benzene rings is 1. The van der Waals surface area contributed by atoms with Gasteiger partial charge in [0.15, 0.2) is 5.96 Å². The molecule has 1 aliphatic heterocycles. The summed E-state index contributed by atoms with van der Waals surface area (Å²) in [5.41, 5.74) is 1.47. The largest absolute Gasteiger partial charge is 0.497 e. The van der Waals surface area contributed by atoms with Gasteiger partial charge < -0.3 is 15.0 Å². The van der Waals surface area contributed by atoms with Crippen LogP contribution in [0, 0.1) is 0 Å². The van der Waals surface area contributed by atoms with E-state index in [1.165, 1.54) is 10.4 Å². The highest BCUT2D eigenvalue weighted by Crippen LogP contribution is 2.29. The second kappa shape index (κ2) is 8.12. The quantitative estimate of drug-likeness (QED) is 0.635. The molecule has 26 heavy (non-hydrogen) atoms. The molecule has 0 aliphatic carbocycles. The molecule has 1 saturated heterocycles. The Morgan fingerprint density at radius 1 is 1.31 bits per heavy atom. The lowest BCUT2D eigenvalue weighted by atomic mass is 9.91. The number of methoxy groups -OCH3 is 1. The van der Waals surface area contributed by atoms with Crippen molar-refractivity contribution in [3.8, 4) is 5.75 Å². The van der Waals surface area contributed by atoms with Gasteiger partial charge in [0, 0.05) is 42.9 Å². The van der Waals surface area contributed by atoms with Crippen molar-refractivity contribution >= 4 is 17.3 Å². The van der Waals surface area contributed by atoms with Gasteiger partial charge in [-0.25, -0.2) is 0 Å². The van der Waals surface area contributed by atoms with E-state index < -0.39 is 0 Å². The number of ether oxygens (including phenoxy) is 1. The molecule has 3 rings (SSSR count). The third-order valence-electron chi connectivity index (χ3n) is 5.16. The highest BCUT2D eigenvalue weighted by molar-refractivity contribution is 7.10. The Bertz CT molecular complexity index is 722. The van der Waals surface area contributed by atoms with Gasteiger partial charge in [0.25, 0.3) is 0 Å². The van der Waals surface area contributed by atoms with Crippen LogP contribution >= 0.6 is 11.3 Å². The molecule has 0 amide bonds. The molecule has 1 aromatic heterocycles. The fourth-order valence-electron chi connectivity index (χ4n) is 3.48. The third kappa shape index (κ3) is 4.21. The molecule has 140 valence electrons. The number of guanidine groups is 1. The first kappa shape index (κ1) is 18.8. The van der Waals surface area contributed by atoms with Gasteiger partial charge in [-0.1, -0.05) is 32.0 Å². The van der Waals surface area contributed by atoms with Crippen molar-refractivity contribution in [2.45, 2.75) is 31.6 Å². The van der Waals surface area contributed by atoms with Crippen LogP contribution in [0.4, 0.5) is 0 Å². The summed E-state index contributed by atoms with van der Waals surface area (Å²) >= 11 is 1.82. The molecule has 0 spiro atoms. The standard InChI is InChI=1S/C21H29N3OS/c1-21(2,19-6-5-13-26-19)15-23-20(22-3)24-12-11-17(14-24)16-7-9-18(25-4)10-8-16/h5-10,13,17H,11-12,14-15H2,1-4H3,(H,22,23). The fourth-order valence-corrected chi connectivity index (χ4v) is 4.34. The van der Waals surface area contributed by atoms with Gasteiger partial charge in [0.1, 0.15) is 5.75 Å². The summed E-state index contributed by atoms with van der Waals surface area (Å²) in [6.45, 7) is 7.48. The maximum Gasteiger partial charge on any atom is 0.193 e. The first-order valence-electron chi connectivity index (χ1n) is 9.17. The van der Waals surface area contributed by atoms with Crippen LogP contribution in [-0.2, 0) is 5.41 Å². The average Bonchev–Trinajstić information content (AvgIpc) is 3.35. The molecule has 1 atom stereocenters.